The third kappa shape index (κ3) is 4.64. The van der Waals surface area contributed by atoms with E-state index in [1.165, 1.54) is 0 Å². The van der Waals surface area contributed by atoms with Crippen molar-refractivity contribution in [3.63, 3.8) is 0 Å². The van der Waals surface area contributed by atoms with Crippen molar-refractivity contribution in [3.8, 4) is 0 Å². The molecule has 8 bridgehead atoms. The SMILES string of the molecule is C=Cc1c2[n-]c(c1C)/C=C1\[N-]/C(=C3\c4[n-]c(c(C)c4C(=O)[C@@H]3C(=O)O)/C=c3\[n-]/c(c(C)c3C)=C\2)[C@@H](CCC(=O)O)[C@@H]1C.[Mg+2]. The number of fused-ring (bicyclic) bond motifs is 7. The first kappa shape index (κ1) is 30.4. The first-order valence-electron chi connectivity index (χ1n) is 13.9. The smallest absolute Gasteiger partial charge is 0.664 e. The molecule has 43 heavy (non-hydrogen) atoms. The van der Waals surface area contributed by atoms with Crippen LogP contribution in [-0.4, -0.2) is 51.0 Å². The van der Waals surface area contributed by atoms with Crippen LogP contribution in [0.15, 0.2) is 18.0 Å². The van der Waals surface area contributed by atoms with Crippen LogP contribution >= 0.6 is 0 Å². The van der Waals surface area contributed by atoms with Gasteiger partial charge >= 0.3 is 35.0 Å². The van der Waals surface area contributed by atoms with Crippen LogP contribution < -0.4 is 25.7 Å². The zero-order chi connectivity index (χ0) is 30.2. The van der Waals surface area contributed by atoms with Crippen molar-refractivity contribution in [2.24, 2.45) is 17.8 Å². The number of hydrogen-bond donors (Lipinski definition) is 2. The third-order valence-electron chi connectivity index (χ3n) is 9.06. The number of carboxylic acids is 2. The van der Waals surface area contributed by atoms with Crippen molar-refractivity contribution in [2.75, 3.05) is 0 Å². The minimum absolute atomic E-state index is 0. The van der Waals surface area contributed by atoms with Gasteiger partial charge in [-0.15, -0.1) is 33.5 Å². The summed E-state index contributed by atoms with van der Waals surface area (Å²) in [6.07, 6.45) is 7.51. The molecular formula is C33H30MgN4O5-2. The van der Waals surface area contributed by atoms with E-state index < -0.39 is 29.6 Å². The van der Waals surface area contributed by atoms with Crippen LogP contribution in [0.1, 0.15) is 80.7 Å². The van der Waals surface area contributed by atoms with Crippen molar-refractivity contribution in [1.82, 2.24) is 15.0 Å². The first-order chi connectivity index (χ1) is 19.9. The van der Waals surface area contributed by atoms with E-state index in [0.717, 1.165) is 33.3 Å². The van der Waals surface area contributed by atoms with Crippen LogP contribution in [0.4, 0.5) is 0 Å². The third-order valence-corrected chi connectivity index (χ3v) is 9.06. The van der Waals surface area contributed by atoms with Crippen LogP contribution in [-0.2, 0) is 9.59 Å². The predicted molar refractivity (Wildman–Crippen MR) is 164 cm³/mol. The number of carbonyl (C=O) groups is 3. The van der Waals surface area contributed by atoms with E-state index >= 15 is 0 Å². The van der Waals surface area contributed by atoms with Gasteiger partial charge in [-0.05, 0) is 51.5 Å². The Hall–Kier alpha value is -4.02. The molecule has 0 radical (unpaired) electrons. The van der Waals surface area contributed by atoms with Gasteiger partial charge < -0.3 is 30.5 Å². The number of carbonyl (C=O) groups excluding carboxylic acids is 1. The normalized spacial score (nSPS) is 24.6. The second kappa shape index (κ2) is 10.9. The Kier molecular flexibility index (Phi) is 7.72. The van der Waals surface area contributed by atoms with E-state index in [2.05, 4.69) is 6.58 Å². The number of ketones is 1. The molecule has 3 aromatic rings. The molecule has 3 aromatic heterocycles. The molecule has 6 rings (SSSR count). The van der Waals surface area contributed by atoms with E-state index in [1.54, 1.807) is 13.0 Å². The number of aromatic nitrogens is 3. The van der Waals surface area contributed by atoms with Gasteiger partial charge in [0.1, 0.15) is 5.92 Å². The Morgan fingerprint density at radius 3 is 2.14 bits per heavy atom. The van der Waals surface area contributed by atoms with Crippen LogP contribution in [0.2, 0.25) is 0 Å². The number of rotatable bonds is 5. The van der Waals surface area contributed by atoms with Crippen molar-refractivity contribution in [2.45, 2.75) is 47.5 Å². The molecule has 1 saturated heterocycles. The molecule has 0 amide bonds. The van der Waals surface area contributed by atoms with E-state index in [9.17, 15) is 24.6 Å². The van der Waals surface area contributed by atoms with Gasteiger partial charge in [-0.3, -0.25) is 14.4 Å². The Morgan fingerprint density at radius 2 is 1.53 bits per heavy atom. The average molecular weight is 587 g/mol. The number of hydrogen-bond acceptors (Lipinski definition) is 3. The van der Waals surface area contributed by atoms with Gasteiger partial charge in [-0.2, -0.15) is 11.4 Å². The number of Topliss-reactive ketones (excluding diaryl/α,β-unsaturated/α-hetero) is 1. The zero-order valence-electron chi connectivity index (χ0n) is 24.8. The molecule has 2 aliphatic heterocycles. The molecule has 10 heteroatoms. The molecular weight excluding hydrogens is 557 g/mol. The van der Waals surface area contributed by atoms with Gasteiger partial charge in [0, 0.05) is 12.0 Å². The maximum absolute atomic E-state index is 13.7. The largest absolute Gasteiger partial charge is 2.00 e. The molecule has 0 unspecified atom stereocenters. The van der Waals surface area contributed by atoms with Crippen LogP contribution in [0.25, 0.3) is 35.2 Å². The summed E-state index contributed by atoms with van der Waals surface area (Å²) in [7, 11) is 0. The summed E-state index contributed by atoms with van der Waals surface area (Å²) in [5.74, 6) is -4.92. The molecule has 0 saturated carbocycles. The predicted octanol–water partition coefficient (Wildman–Crippen LogP) is 3.18. The molecule has 216 valence electrons. The monoisotopic (exact) mass is 586 g/mol. The van der Waals surface area contributed by atoms with E-state index in [1.807, 2.05) is 45.9 Å². The van der Waals surface area contributed by atoms with Gasteiger partial charge in [0.2, 0.25) is 0 Å². The van der Waals surface area contributed by atoms with Crippen LogP contribution in [0.5, 0.6) is 0 Å². The molecule has 0 aromatic carbocycles. The molecule has 2 N–H and O–H groups in total. The quantitative estimate of drug-likeness (QED) is 0.342. The van der Waals surface area contributed by atoms with Crippen molar-refractivity contribution >= 4 is 70.7 Å². The summed E-state index contributed by atoms with van der Waals surface area (Å²) in [6.45, 7) is 13.6. The molecule has 1 aliphatic carbocycles. The van der Waals surface area contributed by atoms with Gasteiger partial charge in [0.05, 0.1) is 0 Å². The van der Waals surface area contributed by atoms with Gasteiger partial charge in [-0.25, -0.2) is 0 Å². The molecule has 3 aliphatic rings. The molecule has 3 atom stereocenters. The number of aliphatic carboxylic acids is 2. The Morgan fingerprint density at radius 1 is 0.907 bits per heavy atom. The van der Waals surface area contributed by atoms with Crippen molar-refractivity contribution < 1.29 is 24.6 Å². The zero-order valence-corrected chi connectivity index (χ0v) is 26.2. The summed E-state index contributed by atoms with van der Waals surface area (Å²) in [5.41, 5.74) is 8.16. The van der Waals surface area contributed by atoms with Crippen molar-refractivity contribution in [3.05, 3.63) is 90.1 Å². The molecule has 5 heterocycles. The van der Waals surface area contributed by atoms with Gasteiger partial charge in [0.15, 0.2) is 5.78 Å². The summed E-state index contributed by atoms with van der Waals surface area (Å²) in [6, 6.07) is 0. The minimum Gasteiger partial charge on any atom is -0.664 e. The van der Waals surface area contributed by atoms with Crippen LogP contribution in [0, 0.1) is 45.4 Å². The maximum Gasteiger partial charge on any atom is 2.00 e. The Bertz CT molecular complexity index is 1930. The van der Waals surface area contributed by atoms with Gasteiger partial charge in [0.25, 0.3) is 0 Å². The molecule has 0 spiro atoms. The topological polar surface area (TPSA) is 148 Å². The number of nitrogens with zero attached hydrogens (tertiary/aromatic N) is 4. The minimum atomic E-state index is -1.47. The number of carboxylic acid groups (broad SMARTS) is 2. The maximum atomic E-state index is 13.7. The summed E-state index contributed by atoms with van der Waals surface area (Å²) < 4.78 is 0. The fraction of sp³-hybridized carbons (Fsp3) is 0.303. The van der Waals surface area contributed by atoms with Crippen LogP contribution in [0.3, 0.4) is 0 Å². The standard InChI is InChI=1S/C33H32N4O5.Mg/c1-7-18-15(4)22-11-23-16(5)19(8-9-26(38)39)30(36-23)28-29(33(41)42)32(40)27-17(6)24(37-31(27)28)10-20-13(2)14(3)21(34-20)12-25(18)35-22;/h7,10-12,16,19,29H,1,8-9H2,2-6H3,(H4,36,37,38,39,40,41,42);/q-2;+2/p-2/b20-10-,21-12-,23-11-;/t16-,19-,29+;/m0./s1. The fourth-order valence-corrected chi connectivity index (χ4v) is 6.45. The van der Waals surface area contributed by atoms with E-state index in [-0.39, 0.29) is 52.9 Å². The summed E-state index contributed by atoms with van der Waals surface area (Å²) >= 11 is 0. The first-order valence-corrected chi connectivity index (χ1v) is 13.9. The fourth-order valence-electron chi connectivity index (χ4n) is 6.45. The molecule has 9 nitrogen and oxygen atoms in total. The Balaban J connectivity index is 0.00000368. The van der Waals surface area contributed by atoms with Crippen molar-refractivity contribution in [1.29, 1.82) is 0 Å². The van der Waals surface area contributed by atoms with E-state index in [0.29, 0.717) is 39.4 Å². The number of allylic oxidation sites excluding steroid dienone is 2. The van der Waals surface area contributed by atoms with Gasteiger partial charge in [-0.1, -0.05) is 65.6 Å². The summed E-state index contributed by atoms with van der Waals surface area (Å²) in [5, 5.41) is 26.1. The Labute approximate surface area is 264 Å². The average Bonchev–Trinajstić information content (AvgIpc) is 3.66. The van der Waals surface area contributed by atoms with E-state index in [4.69, 9.17) is 20.3 Å². The second-order valence-corrected chi connectivity index (χ2v) is 11.3. The molecule has 1 fully saturated rings. The second-order valence-electron chi connectivity index (χ2n) is 11.3. The summed E-state index contributed by atoms with van der Waals surface area (Å²) in [4.78, 5) is 52.5.